The fourth-order valence-electron chi connectivity index (χ4n) is 4.80. The number of hydrogen-bond acceptors (Lipinski definition) is 4. The van der Waals surface area contributed by atoms with E-state index in [9.17, 15) is 18.0 Å². The number of nitrogens with zero attached hydrogens (tertiary/aromatic N) is 1. The first-order chi connectivity index (χ1) is 18.1. The summed E-state index contributed by atoms with van der Waals surface area (Å²) in [5.41, 5.74) is 1.07. The summed E-state index contributed by atoms with van der Waals surface area (Å²) in [5, 5.41) is 1.79. The van der Waals surface area contributed by atoms with Crippen LogP contribution in [0.1, 0.15) is 64.3 Å². The van der Waals surface area contributed by atoms with Gasteiger partial charge in [-0.25, -0.2) is 0 Å². The maximum atomic E-state index is 13.9. The number of fused-ring (bicyclic) bond motifs is 2. The zero-order valence-electron chi connectivity index (χ0n) is 23.4. The van der Waals surface area contributed by atoms with E-state index in [0.717, 1.165) is 28.0 Å². The minimum absolute atomic E-state index is 0.0199. The summed E-state index contributed by atoms with van der Waals surface area (Å²) < 4.78 is 54.1. The first-order valence-corrected chi connectivity index (χ1v) is 12.9. The first-order valence-electron chi connectivity index (χ1n) is 12.9. The lowest BCUT2D eigenvalue weighted by Crippen LogP contribution is -2.30. The molecule has 4 rings (SSSR count). The fraction of sp³-hybridized carbons (Fsp3) is 0.375. The van der Waals surface area contributed by atoms with Crippen molar-refractivity contribution >= 4 is 27.6 Å². The summed E-state index contributed by atoms with van der Waals surface area (Å²) >= 11 is 0. The summed E-state index contributed by atoms with van der Waals surface area (Å²) in [7, 11) is 0. The number of pyridine rings is 1. The van der Waals surface area contributed by atoms with Crippen LogP contribution < -0.4 is 0 Å². The lowest BCUT2D eigenvalue weighted by molar-refractivity contribution is -0.162. The third-order valence-corrected chi connectivity index (χ3v) is 6.44. The second-order valence-corrected chi connectivity index (χ2v) is 11.8. The second kappa shape index (κ2) is 10.3. The van der Waals surface area contributed by atoms with Gasteiger partial charge in [0.05, 0.1) is 22.1 Å². The molecule has 0 aliphatic rings. The summed E-state index contributed by atoms with van der Waals surface area (Å²) in [6.07, 6.45) is -3.72. The van der Waals surface area contributed by atoms with E-state index in [-0.39, 0.29) is 23.5 Å². The number of carbonyl (C=O) groups is 1. The number of halogens is 3. The van der Waals surface area contributed by atoms with Gasteiger partial charge in [-0.15, -0.1) is 0 Å². The SMILES string of the molecule is Cc1cc2ccccc2c(-c2ccc(C(F)(F)F)c3cccnc23)c1[C@@H](COC(=O)C(C)(C)C)OC(C)(C)C. The number of alkyl halides is 3. The fourth-order valence-corrected chi connectivity index (χ4v) is 4.80. The summed E-state index contributed by atoms with van der Waals surface area (Å²) in [6.45, 7) is 13.0. The number of hydrogen-bond donors (Lipinski definition) is 0. The molecule has 0 amide bonds. The maximum absolute atomic E-state index is 13.9. The van der Waals surface area contributed by atoms with Gasteiger partial charge in [0.2, 0.25) is 0 Å². The highest BCUT2D eigenvalue weighted by Gasteiger charge is 2.35. The molecule has 1 heterocycles. The molecule has 7 heteroatoms. The average molecular weight is 538 g/mol. The van der Waals surface area contributed by atoms with Crippen LogP contribution in [0.25, 0.3) is 32.8 Å². The van der Waals surface area contributed by atoms with E-state index < -0.39 is 28.9 Å². The number of aryl methyl sites for hydroxylation is 1. The van der Waals surface area contributed by atoms with Gasteiger partial charge in [0.1, 0.15) is 12.7 Å². The van der Waals surface area contributed by atoms with Crippen LogP contribution in [0.3, 0.4) is 0 Å². The van der Waals surface area contributed by atoms with Gasteiger partial charge in [0.15, 0.2) is 0 Å². The van der Waals surface area contributed by atoms with Gasteiger partial charge in [-0.3, -0.25) is 9.78 Å². The normalized spacial score (nSPS) is 13.6. The molecule has 3 aromatic carbocycles. The molecule has 0 saturated heterocycles. The van der Waals surface area contributed by atoms with Crippen LogP contribution in [-0.2, 0) is 20.4 Å². The zero-order chi connectivity index (χ0) is 28.8. The number of ether oxygens (including phenoxy) is 2. The van der Waals surface area contributed by atoms with E-state index in [1.54, 1.807) is 20.8 Å². The number of aromatic nitrogens is 1. The Labute approximate surface area is 227 Å². The van der Waals surface area contributed by atoms with Crippen LogP contribution >= 0.6 is 0 Å². The topological polar surface area (TPSA) is 48.4 Å². The minimum atomic E-state index is -4.53. The van der Waals surface area contributed by atoms with Crippen LogP contribution in [0.15, 0.2) is 60.8 Å². The molecule has 0 fully saturated rings. The lowest BCUT2D eigenvalue weighted by atomic mass is 9.86. The average Bonchev–Trinajstić information content (AvgIpc) is 2.83. The predicted molar refractivity (Wildman–Crippen MR) is 148 cm³/mol. The van der Waals surface area contributed by atoms with E-state index in [2.05, 4.69) is 4.98 Å². The minimum Gasteiger partial charge on any atom is -0.462 e. The van der Waals surface area contributed by atoms with Crippen LogP contribution in [0.2, 0.25) is 0 Å². The third-order valence-electron chi connectivity index (χ3n) is 6.44. The van der Waals surface area contributed by atoms with Crippen molar-refractivity contribution in [1.29, 1.82) is 0 Å². The van der Waals surface area contributed by atoms with Gasteiger partial charge in [-0.1, -0.05) is 42.5 Å². The van der Waals surface area contributed by atoms with E-state index in [0.29, 0.717) is 11.1 Å². The molecule has 0 saturated carbocycles. The van der Waals surface area contributed by atoms with Crippen molar-refractivity contribution in [2.75, 3.05) is 6.61 Å². The van der Waals surface area contributed by atoms with E-state index in [1.165, 1.54) is 24.4 Å². The van der Waals surface area contributed by atoms with Crippen LogP contribution in [0.4, 0.5) is 13.2 Å². The molecule has 39 heavy (non-hydrogen) atoms. The second-order valence-electron chi connectivity index (χ2n) is 11.8. The van der Waals surface area contributed by atoms with Gasteiger partial charge in [0.25, 0.3) is 0 Å². The molecule has 206 valence electrons. The molecule has 4 aromatic rings. The molecule has 0 unspecified atom stereocenters. The van der Waals surface area contributed by atoms with Crippen molar-refractivity contribution in [2.24, 2.45) is 5.41 Å². The monoisotopic (exact) mass is 537 g/mol. The van der Waals surface area contributed by atoms with Gasteiger partial charge < -0.3 is 9.47 Å². The van der Waals surface area contributed by atoms with E-state index in [4.69, 9.17) is 9.47 Å². The Morgan fingerprint density at radius 2 is 1.59 bits per heavy atom. The smallest absolute Gasteiger partial charge is 0.417 e. The first kappa shape index (κ1) is 28.6. The maximum Gasteiger partial charge on any atom is 0.417 e. The van der Waals surface area contributed by atoms with Gasteiger partial charge >= 0.3 is 12.1 Å². The Bertz CT molecular complexity index is 1530. The van der Waals surface area contributed by atoms with Crippen LogP contribution in [0, 0.1) is 12.3 Å². The van der Waals surface area contributed by atoms with Crippen LogP contribution in [-0.4, -0.2) is 23.2 Å². The molecular weight excluding hydrogens is 503 g/mol. The molecule has 1 aromatic heterocycles. The van der Waals surface area contributed by atoms with Crippen molar-refractivity contribution in [2.45, 2.75) is 66.3 Å². The highest BCUT2D eigenvalue weighted by molar-refractivity contribution is 6.06. The lowest BCUT2D eigenvalue weighted by Gasteiger charge is -2.31. The quantitative estimate of drug-likeness (QED) is 0.239. The largest absolute Gasteiger partial charge is 0.462 e. The Morgan fingerprint density at radius 3 is 2.23 bits per heavy atom. The van der Waals surface area contributed by atoms with Crippen molar-refractivity contribution < 1.29 is 27.4 Å². The van der Waals surface area contributed by atoms with Crippen molar-refractivity contribution in [1.82, 2.24) is 4.98 Å². The Hall–Kier alpha value is -3.45. The van der Waals surface area contributed by atoms with Gasteiger partial charge in [-0.2, -0.15) is 13.2 Å². The zero-order valence-corrected chi connectivity index (χ0v) is 23.4. The van der Waals surface area contributed by atoms with Crippen molar-refractivity contribution in [3.05, 3.63) is 77.5 Å². The number of carbonyl (C=O) groups excluding carboxylic acids is 1. The molecule has 0 aliphatic heterocycles. The molecule has 0 radical (unpaired) electrons. The number of esters is 1. The Kier molecular flexibility index (Phi) is 7.52. The molecule has 0 bridgehead atoms. The summed E-state index contributed by atoms with van der Waals surface area (Å²) in [4.78, 5) is 17.2. The van der Waals surface area contributed by atoms with Crippen molar-refractivity contribution in [3.8, 4) is 11.1 Å². The molecule has 0 spiro atoms. The molecule has 1 atom stereocenters. The Morgan fingerprint density at radius 1 is 0.923 bits per heavy atom. The van der Waals surface area contributed by atoms with E-state index >= 15 is 0 Å². The summed E-state index contributed by atoms with van der Waals surface area (Å²) in [5.74, 6) is -0.369. The molecular formula is C32H34F3NO3. The van der Waals surface area contributed by atoms with Crippen molar-refractivity contribution in [3.63, 3.8) is 0 Å². The molecule has 4 nitrogen and oxygen atoms in total. The summed E-state index contributed by atoms with van der Waals surface area (Å²) in [6, 6.07) is 15.3. The highest BCUT2D eigenvalue weighted by atomic mass is 19.4. The molecule has 0 aliphatic carbocycles. The highest BCUT2D eigenvalue weighted by Crippen LogP contribution is 2.44. The predicted octanol–water partition coefficient (Wildman–Crippen LogP) is 8.83. The van der Waals surface area contributed by atoms with Gasteiger partial charge in [-0.05, 0) is 88.1 Å². The molecule has 0 N–H and O–H groups in total. The Balaban J connectivity index is 2.04. The number of rotatable bonds is 5. The van der Waals surface area contributed by atoms with Crippen LogP contribution in [0.5, 0.6) is 0 Å². The van der Waals surface area contributed by atoms with Gasteiger partial charge in [0, 0.05) is 17.1 Å². The number of benzene rings is 3. The van der Waals surface area contributed by atoms with E-state index in [1.807, 2.05) is 58.0 Å². The standard InChI is InChI=1S/C32H34F3NO3/c1-19-17-20-11-8-9-12-21(20)27(23-14-15-24(32(33,34)35)22-13-10-16-36-28(22)23)26(19)25(39-31(5,6)7)18-38-29(37)30(2,3)4/h8-17,25H,18H2,1-7H3/t25-/m1/s1. The third kappa shape index (κ3) is 6.09.